The molecule has 0 saturated carbocycles. The van der Waals surface area contributed by atoms with Gasteiger partial charge in [-0.1, -0.05) is 12.1 Å². The van der Waals surface area contributed by atoms with Crippen LogP contribution in [0.4, 0.5) is 17.6 Å². The molecule has 0 fully saturated rings. The van der Waals surface area contributed by atoms with Gasteiger partial charge < -0.3 is 0 Å². The molecule has 0 unspecified atom stereocenters. The van der Waals surface area contributed by atoms with Gasteiger partial charge in [0.05, 0.1) is 29.6 Å². The molecule has 3 aromatic rings. The minimum atomic E-state index is -4.69. The Labute approximate surface area is 160 Å². The van der Waals surface area contributed by atoms with Crippen molar-refractivity contribution in [2.75, 3.05) is 0 Å². The zero-order chi connectivity index (χ0) is 20.8. The third kappa shape index (κ3) is 3.33. The maximum absolute atomic E-state index is 14.3. The van der Waals surface area contributed by atoms with Crippen molar-refractivity contribution in [3.8, 4) is 11.3 Å². The fourth-order valence-electron chi connectivity index (χ4n) is 2.92. The summed E-state index contributed by atoms with van der Waals surface area (Å²) in [5.41, 5.74) is 0.657. The Kier molecular flexibility index (Phi) is 4.33. The van der Waals surface area contributed by atoms with E-state index in [0.29, 0.717) is 0 Å². The van der Waals surface area contributed by atoms with E-state index in [9.17, 15) is 27.2 Å². The molecule has 0 N–H and O–H groups in total. The van der Waals surface area contributed by atoms with E-state index in [0.717, 1.165) is 23.5 Å². The number of carbonyl (C=O) groups is 2. The smallest absolute Gasteiger partial charge is 0.270 e. The molecule has 0 radical (unpaired) electrons. The maximum atomic E-state index is 14.3. The average Bonchev–Trinajstić information content (AvgIpc) is 2.94. The lowest BCUT2D eigenvalue weighted by molar-refractivity contribution is -0.145. The maximum Gasteiger partial charge on any atom is 0.451 e. The van der Waals surface area contributed by atoms with Gasteiger partial charge in [0, 0.05) is 23.5 Å². The number of benzene rings is 1. The summed E-state index contributed by atoms with van der Waals surface area (Å²) >= 11 is 0. The molecule has 0 bridgehead atoms. The van der Waals surface area contributed by atoms with Gasteiger partial charge >= 0.3 is 6.18 Å². The van der Waals surface area contributed by atoms with Crippen LogP contribution in [0, 0.1) is 5.82 Å². The molecular formula is C19H10F4N4O2. The topological polar surface area (TPSA) is 76.1 Å². The van der Waals surface area contributed by atoms with Gasteiger partial charge in [0.25, 0.3) is 11.8 Å². The average molecular weight is 402 g/mol. The van der Waals surface area contributed by atoms with E-state index in [1.807, 2.05) is 0 Å². The molecule has 0 spiro atoms. The minimum Gasteiger partial charge on any atom is -0.270 e. The second-order valence-corrected chi connectivity index (χ2v) is 6.20. The van der Waals surface area contributed by atoms with Crippen LogP contribution >= 0.6 is 0 Å². The van der Waals surface area contributed by atoms with Crippen LogP contribution in [-0.2, 0) is 12.7 Å². The van der Waals surface area contributed by atoms with Crippen molar-refractivity contribution in [2.24, 2.45) is 0 Å². The van der Waals surface area contributed by atoms with Crippen molar-refractivity contribution < 1.29 is 27.2 Å². The summed E-state index contributed by atoms with van der Waals surface area (Å²) in [6, 6.07) is 7.48. The van der Waals surface area contributed by atoms with E-state index < -0.39 is 29.6 Å². The lowest BCUT2D eigenvalue weighted by atomic mass is 10.1. The number of pyridine rings is 1. The Hall–Kier alpha value is -3.69. The number of rotatable bonds is 3. The number of halogens is 4. The lowest BCUT2D eigenvalue weighted by Crippen LogP contribution is -2.29. The highest BCUT2D eigenvalue weighted by Gasteiger charge is 2.36. The number of alkyl halides is 3. The van der Waals surface area contributed by atoms with Crippen LogP contribution in [0.2, 0.25) is 0 Å². The van der Waals surface area contributed by atoms with Crippen molar-refractivity contribution >= 4 is 11.8 Å². The monoisotopic (exact) mass is 402 g/mol. The normalized spacial score (nSPS) is 13.7. The first-order chi connectivity index (χ1) is 13.8. The van der Waals surface area contributed by atoms with Crippen LogP contribution in [-0.4, -0.2) is 31.7 Å². The summed E-state index contributed by atoms with van der Waals surface area (Å²) in [5.74, 6) is -3.19. The number of nitrogens with zero attached hydrogens (tertiary/aromatic N) is 4. The molecule has 29 heavy (non-hydrogen) atoms. The van der Waals surface area contributed by atoms with E-state index in [-0.39, 0.29) is 34.5 Å². The van der Waals surface area contributed by atoms with Crippen LogP contribution < -0.4 is 0 Å². The van der Waals surface area contributed by atoms with E-state index in [2.05, 4.69) is 15.0 Å². The number of amides is 2. The highest BCUT2D eigenvalue weighted by atomic mass is 19.4. The number of aromatic nitrogens is 3. The number of hydrogen-bond acceptors (Lipinski definition) is 5. The van der Waals surface area contributed by atoms with Crippen molar-refractivity contribution in [1.29, 1.82) is 0 Å². The van der Waals surface area contributed by atoms with E-state index >= 15 is 0 Å². The molecule has 4 rings (SSSR count). The highest BCUT2D eigenvalue weighted by Crippen LogP contribution is 2.28. The van der Waals surface area contributed by atoms with Gasteiger partial charge in [0.15, 0.2) is 0 Å². The van der Waals surface area contributed by atoms with Crippen molar-refractivity contribution in [3.05, 3.63) is 77.3 Å². The van der Waals surface area contributed by atoms with Crippen molar-refractivity contribution in [3.63, 3.8) is 0 Å². The Morgan fingerprint density at radius 2 is 1.48 bits per heavy atom. The van der Waals surface area contributed by atoms with E-state index in [4.69, 9.17) is 0 Å². The summed E-state index contributed by atoms with van der Waals surface area (Å²) in [6.45, 7) is -0.352. The molecule has 2 aromatic heterocycles. The van der Waals surface area contributed by atoms with E-state index in [1.165, 1.54) is 18.2 Å². The number of imide groups is 1. The Morgan fingerprint density at radius 1 is 0.897 bits per heavy atom. The fourth-order valence-corrected chi connectivity index (χ4v) is 2.92. The first kappa shape index (κ1) is 18.7. The van der Waals surface area contributed by atoms with Crippen LogP contribution in [0.3, 0.4) is 0 Å². The number of fused-ring (bicyclic) bond motifs is 1. The largest absolute Gasteiger partial charge is 0.451 e. The SMILES string of the molecule is O=C1c2ccccc2C(=O)N1Cc1cc(-c2cnc(C(F)(F)F)nc2)ncc1F. The Morgan fingerprint density at radius 3 is 2.03 bits per heavy atom. The predicted octanol–water partition coefficient (Wildman–Crippen LogP) is 3.49. The van der Waals surface area contributed by atoms with Gasteiger partial charge in [-0.15, -0.1) is 0 Å². The summed E-state index contributed by atoms with van der Waals surface area (Å²) < 4.78 is 52.0. The molecule has 3 heterocycles. The molecule has 2 amide bonds. The van der Waals surface area contributed by atoms with Crippen LogP contribution in [0.5, 0.6) is 0 Å². The molecule has 0 atom stereocenters. The zero-order valence-corrected chi connectivity index (χ0v) is 14.4. The third-order valence-electron chi connectivity index (χ3n) is 4.34. The Bertz CT molecular complexity index is 1090. The molecule has 0 saturated heterocycles. The van der Waals surface area contributed by atoms with Crippen LogP contribution in [0.1, 0.15) is 32.1 Å². The standard InChI is InChI=1S/C19H10F4N4O2/c20-14-8-24-15(11-6-25-18(26-7-11)19(21,22)23)5-10(14)9-27-16(28)12-3-1-2-4-13(12)17(27)29/h1-8H,9H2. The van der Waals surface area contributed by atoms with Gasteiger partial charge in [-0.3, -0.25) is 19.5 Å². The predicted molar refractivity (Wildman–Crippen MR) is 90.9 cm³/mol. The van der Waals surface area contributed by atoms with Gasteiger partial charge in [-0.05, 0) is 18.2 Å². The third-order valence-corrected chi connectivity index (χ3v) is 4.34. The van der Waals surface area contributed by atoms with Crippen molar-refractivity contribution in [2.45, 2.75) is 12.7 Å². The second kappa shape index (κ2) is 6.73. The number of carbonyl (C=O) groups excluding carboxylic acids is 2. The van der Waals surface area contributed by atoms with Crippen molar-refractivity contribution in [1.82, 2.24) is 19.9 Å². The second-order valence-electron chi connectivity index (χ2n) is 6.20. The number of hydrogen-bond donors (Lipinski definition) is 0. The molecule has 10 heteroatoms. The molecule has 6 nitrogen and oxygen atoms in total. The summed E-state index contributed by atoms with van der Waals surface area (Å²) in [7, 11) is 0. The summed E-state index contributed by atoms with van der Waals surface area (Å²) in [6.07, 6.45) is -1.99. The lowest BCUT2D eigenvalue weighted by Gasteiger charge is -2.15. The highest BCUT2D eigenvalue weighted by molar-refractivity contribution is 6.21. The molecule has 0 aliphatic carbocycles. The Balaban J connectivity index is 1.63. The molecule has 1 aliphatic rings. The van der Waals surface area contributed by atoms with Gasteiger partial charge in [-0.2, -0.15) is 13.2 Å². The quantitative estimate of drug-likeness (QED) is 0.495. The van der Waals surface area contributed by atoms with Gasteiger partial charge in [0.1, 0.15) is 5.82 Å². The summed E-state index contributed by atoms with van der Waals surface area (Å²) in [4.78, 5) is 36.1. The zero-order valence-electron chi connectivity index (χ0n) is 14.4. The summed E-state index contributed by atoms with van der Waals surface area (Å²) in [5, 5.41) is 0. The minimum absolute atomic E-state index is 0.0237. The van der Waals surface area contributed by atoms with Gasteiger partial charge in [-0.25, -0.2) is 14.4 Å². The molecular weight excluding hydrogens is 392 g/mol. The fraction of sp³-hybridized carbons (Fsp3) is 0.105. The van der Waals surface area contributed by atoms with Crippen LogP contribution in [0.25, 0.3) is 11.3 Å². The first-order valence-corrected chi connectivity index (χ1v) is 8.25. The molecule has 1 aromatic carbocycles. The molecule has 146 valence electrons. The molecule has 1 aliphatic heterocycles. The van der Waals surface area contributed by atoms with Crippen LogP contribution in [0.15, 0.2) is 48.9 Å². The van der Waals surface area contributed by atoms with Gasteiger partial charge in [0.2, 0.25) is 5.82 Å². The van der Waals surface area contributed by atoms with E-state index in [1.54, 1.807) is 12.1 Å². The first-order valence-electron chi connectivity index (χ1n) is 8.25.